The van der Waals surface area contributed by atoms with E-state index in [9.17, 15) is 9.59 Å². The Labute approximate surface area is 241 Å². The van der Waals surface area contributed by atoms with E-state index in [1.54, 1.807) is 0 Å². The van der Waals surface area contributed by atoms with Gasteiger partial charge in [0.05, 0.1) is 5.69 Å². The highest BCUT2D eigenvalue weighted by Crippen LogP contribution is 2.30. The Morgan fingerprint density at radius 3 is 2.58 bits per heavy atom. The number of rotatable bonds is 14. The Morgan fingerprint density at radius 2 is 1.93 bits per heavy atom. The molecule has 1 atom stereocenters. The monoisotopic (exact) mass is 583 g/mol. The van der Waals surface area contributed by atoms with Gasteiger partial charge in [0.2, 0.25) is 5.82 Å². The first kappa shape index (κ1) is 29.2. The molecule has 0 aliphatic heterocycles. The summed E-state index contributed by atoms with van der Waals surface area (Å²) in [5.41, 5.74) is 4.43. The second-order valence-electron chi connectivity index (χ2n) is 9.15. The van der Waals surface area contributed by atoms with E-state index < -0.39 is 18.0 Å². The topological polar surface area (TPSA) is 148 Å². The number of hydrogen-bond acceptors (Lipinski definition) is 9. The Hall–Kier alpha value is -3.74. The summed E-state index contributed by atoms with van der Waals surface area (Å²) < 4.78 is 10.0. The van der Waals surface area contributed by atoms with Crippen LogP contribution in [0, 0.1) is 0 Å². The number of nitrogens with one attached hydrogen (secondary N) is 2. The van der Waals surface area contributed by atoms with Gasteiger partial charge >= 0.3 is 11.9 Å². The zero-order valence-electron chi connectivity index (χ0n) is 21.9. The van der Waals surface area contributed by atoms with Crippen molar-refractivity contribution in [3.8, 4) is 22.5 Å². The third-order valence-electron chi connectivity index (χ3n) is 6.41. The predicted octanol–water partition coefficient (Wildman–Crippen LogP) is 4.49. The molecule has 0 aliphatic rings. The lowest BCUT2D eigenvalue weighted by molar-refractivity contribution is -0.147. The number of aliphatic carboxylic acids is 1. The van der Waals surface area contributed by atoms with Crippen molar-refractivity contribution >= 4 is 36.4 Å². The highest BCUT2D eigenvalue weighted by Gasteiger charge is 2.23. The van der Waals surface area contributed by atoms with Gasteiger partial charge in [-0.05, 0) is 34.7 Å². The van der Waals surface area contributed by atoms with E-state index >= 15 is 0 Å². The molecule has 210 valence electrons. The molecule has 0 radical (unpaired) electrons. The van der Waals surface area contributed by atoms with Crippen molar-refractivity contribution in [2.24, 2.45) is 0 Å². The van der Waals surface area contributed by atoms with Crippen LogP contribution in [0.3, 0.4) is 0 Å². The fourth-order valence-corrected chi connectivity index (χ4v) is 4.76. The van der Waals surface area contributed by atoms with Gasteiger partial charge in [-0.2, -0.15) is 5.21 Å². The quantitative estimate of drug-likeness (QED) is 0.124. The molecule has 11 nitrogen and oxygen atoms in total. The molecule has 4 rings (SSSR count). The van der Waals surface area contributed by atoms with Crippen molar-refractivity contribution in [2.75, 3.05) is 0 Å². The molecule has 4 aromatic rings. The zero-order valence-corrected chi connectivity index (χ0v) is 23.5. The van der Waals surface area contributed by atoms with Crippen LogP contribution in [0.15, 0.2) is 48.5 Å². The summed E-state index contributed by atoms with van der Waals surface area (Å²) in [4.78, 5) is 28.1. The van der Waals surface area contributed by atoms with Crippen LogP contribution in [0.4, 0.5) is 0 Å². The van der Waals surface area contributed by atoms with E-state index in [4.69, 9.17) is 21.4 Å². The number of carbonyl (C=O) groups excluding carboxylic acids is 1. The van der Waals surface area contributed by atoms with E-state index in [1.165, 1.54) is 0 Å². The number of carbonyl (C=O) groups is 2. The smallest absolute Gasteiger partial charge is 0.324 e. The van der Waals surface area contributed by atoms with Gasteiger partial charge < -0.3 is 14.4 Å². The number of carboxylic acids is 1. The molecule has 13 heteroatoms. The van der Waals surface area contributed by atoms with Gasteiger partial charge in [-0.25, -0.2) is 4.98 Å². The molecule has 0 amide bonds. The number of benzene rings is 2. The van der Waals surface area contributed by atoms with Crippen molar-refractivity contribution in [3.05, 3.63) is 70.8 Å². The van der Waals surface area contributed by atoms with Gasteiger partial charge in [0.25, 0.3) is 0 Å². The van der Waals surface area contributed by atoms with E-state index in [-0.39, 0.29) is 24.6 Å². The van der Waals surface area contributed by atoms with Crippen molar-refractivity contribution in [2.45, 2.75) is 58.2 Å². The molecule has 0 aliphatic carbocycles. The summed E-state index contributed by atoms with van der Waals surface area (Å²) in [5.74, 6) is -0.294. The van der Waals surface area contributed by atoms with Crippen LogP contribution < -0.4 is 4.72 Å². The minimum Gasteiger partial charge on any atom is -0.481 e. The maximum atomic E-state index is 12.6. The van der Waals surface area contributed by atoms with E-state index in [0.29, 0.717) is 18.1 Å². The maximum absolute atomic E-state index is 12.6. The summed E-state index contributed by atoms with van der Waals surface area (Å²) in [5, 5.41) is 23.6. The number of aryl methyl sites for hydroxylation is 1. The van der Waals surface area contributed by atoms with Crippen molar-refractivity contribution in [1.29, 1.82) is 0 Å². The van der Waals surface area contributed by atoms with Gasteiger partial charge in [-0.3, -0.25) is 14.3 Å². The van der Waals surface area contributed by atoms with Gasteiger partial charge in [-0.15, -0.1) is 10.2 Å². The molecule has 2 heterocycles. The van der Waals surface area contributed by atoms with Crippen molar-refractivity contribution < 1.29 is 19.4 Å². The number of aromatic nitrogens is 6. The number of imidazole rings is 1. The van der Waals surface area contributed by atoms with Gasteiger partial charge in [0.15, 0.2) is 5.15 Å². The maximum Gasteiger partial charge on any atom is 0.324 e. The summed E-state index contributed by atoms with van der Waals surface area (Å²) in [6.07, 6.45) is 2.50. The van der Waals surface area contributed by atoms with Crippen molar-refractivity contribution in [3.63, 3.8) is 0 Å². The Bertz CT molecular complexity index is 1430. The second-order valence-corrected chi connectivity index (χ2v) is 9.77. The van der Waals surface area contributed by atoms with Crippen LogP contribution in [-0.2, 0) is 33.9 Å². The van der Waals surface area contributed by atoms with E-state index in [0.717, 1.165) is 47.3 Å². The standard InChI is InChI=1S/C27H30ClN7O4S/c1-2-3-8-23-29-25(28)22(16-39-27(38)21(32-40)13-14-24(36)37)35(23)15-17-9-11-18(12-10-17)19-6-4-5-7-20(19)26-30-33-34-31-26/h4-7,9-12,21,32,40H,2-3,8,13-16H2,1H3,(H,36,37)(H,30,31,33,34)/t21-/m0/s1. The number of hydrogen-bond donors (Lipinski definition) is 4. The first-order chi connectivity index (χ1) is 19.4. The first-order valence-corrected chi connectivity index (χ1v) is 13.7. The number of esters is 1. The SMILES string of the molecule is CCCCc1nc(Cl)c(COC(=O)[C@H](CCC(=O)O)NS)n1Cc1ccc(-c2ccccc2-c2nn[nH]n2)cc1. The number of nitrogens with zero attached hydrogens (tertiary/aromatic N) is 5. The summed E-state index contributed by atoms with van der Waals surface area (Å²) in [6.45, 7) is 2.47. The van der Waals surface area contributed by atoms with E-state index in [2.05, 4.69) is 50.1 Å². The average Bonchev–Trinajstić information content (AvgIpc) is 3.59. The van der Waals surface area contributed by atoms with Crippen LogP contribution in [0.2, 0.25) is 5.15 Å². The van der Waals surface area contributed by atoms with Crippen LogP contribution in [0.5, 0.6) is 0 Å². The molecule has 2 aromatic carbocycles. The Kier molecular flexibility index (Phi) is 10.3. The van der Waals surface area contributed by atoms with E-state index in [1.807, 2.05) is 53.1 Å². The molecule has 40 heavy (non-hydrogen) atoms. The molecule has 2 aromatic heterocycles. The van der Waals surface area contributed by atoms with Crippen LogP contribution in [-0.4, -0.2) is 53.3 Å². The van der Waals surface area contributed by atoms with Crippen LogP contribution in [0.1, 0.15) is 49.7 Å². The molecule has 0 bridgehead atoms. The fraction of sp³-hybridized carbons (Fsp3) is 0.333. The number of ether oxygens (including phenoxy) is 1. The minimum absolute atomic E-state index is 0.0502. The van der Waals surface area contributed by atoms with Gasteiger partial charge in [-0.1, -0.05) is 86.3 Å². The molecular weight excluding hydrogens is 554 g/mol. The number of tetrazole rings is 1. The summed E-state index contributed by atoms with van der Waals surface area (Å²) >= 11 is 10.5. The molecule has 0 spiro atoms. The first-order valence-electron chi connectivity index (χ1n) is 12.8. The lowest BCUT2D eigenvalue weighted by Crippen LogP contribution is -2.33. The Morgan fingerprint density at radius 1 is 1.18 bits per heavy atom. The second kappa shape index (κ2) is 14.1. The highest BCUT2D eigenvalue weighted by atomic mass is 35.5. The van der Waals surface area contributed by atoms with Crippen LogP contribution >= 0.6 is 24.4 Å². The fourth-order valence-electron chi connectivity index (χ4n) is 4.28. The largest absolute Gasteiger partial charge is 0.481 e. The third kappa shape index (κ3) is 7.26. The number of halogens is 1. The lowest BCUT2D eigenvalue weighted by atomic mass is 9.98. The molecule has 0 fully saturated rings. The number of thiol groups is 1. The van der Waals surface area contributed by atoms with Gasteiger partial charge in [0.1, 0.15) is 18.5 Å². The van der Waals surface area contributed by atoms with Gasteiger partial charge in [0, 0.05) is 24.9 Å². The number of unbranched alkanes of at least 4 members (excludes halogenated alkanes) is 1. The minimum atomic E-state index is -1.01. The normalized spacial score (nSPS) is 11.9. The van der Waals surface area contributed by atoms with Crippen LogP contribution in [0.25, 0.3) is 22.5 Å². The predicted molar refractivity (Wildman–Crippen MR) is 153 cm³/mol. The molecule has 0 saturated carbocycles. The lowest BCUT2D eigenvalue weighted by Gasteiger charge is -2.16. The Balaban J connectivity index is 1.55. The number of aromatic amines is 1. The molecule has 0 unspecified atom stereocenters. The van der Waals surface area contributed by atoms with Crippen molar-refractivity contribution in [1.82, 2.24) is 34.9 Å². The molecule has 3 N–H and O–H groups in total. The number of carboxylic acid groups (broad SMARTS) is 1. The summed E-state index contributed by atoms with van der Waals surface area (Å²) in [6, 6.07) is 15.1. The summed E-state index contributed by atoms with van der Waals surface area (Å²) in [7, 11) is 0. The highest BCUT2D eigenvalue weighted by molar-refractivity contribution is 7.78. The average molecular weight is 584 g/mol. The molecule has 0 saturated heterocycles. The zero-order chi connectivity index (χ0) is 28.5. The molecular formula is C27H30ClN7O4S. The number of H-pyrrole nitrogens is 1. The third-order valence-corrected chi connectivity index (χ3v) is 7.03.